The molecular formula is C17H16F3NOS. The molecule has 0 heterocycles. The molecule has 1 N–H and O–H groups in total. The van der Waals surface area contributed by atoms with Crippen molar-refractivity contribution in [2.24, 2.45) is 0 Å². The molecule has 2 nitrogen and oxygen atoms in total. The summed E-state index contributed by atoms with van der Waals surface area (Å²) in [5.41, 5.74) is 1.15. The molecular weight excluding hydrogens is 323 g/mol. The van der Waals surface area contributed by atoms with Crippen LogP contribution >= 0.6 is 11.8 Å². The molecule has 0 aliphatic rings. The van der Waals surface area contributed by atoms with Crippen LogP contribution < -0.4 is 5.32 Å². The van der Waals surface area contributed by atoms with Crippen LogP contribution in [0.2, 0.25) is 0 Å². The standard InChI is InChI=1S/C17H16F3NOS/c1-3-23-15-10-12(17(18,19)20)6-9-14(15)16(22)21-13-7-4-11(2)5-8-13/h4-10H,3H2,1-2H3,(H,21,22). The SMILES string of the molecule is CCSc1cc(C(F)(F)F)ccc1C(=O)Nc1ccc(C)cc1. The molecule has 122 valence electrons. The van der Waals surface area contributed by atoms with Crippen LogP contribution in [0, 0.1) is 6.92 Å². The van der Waals surface area contributed by atoms with E-state index in [9.17, 15) is 18.0 Å². The van der Waals surface area contributed by atoms with E-state index in [0.29, 0.717) is 16.3 Å². The zero-order valence-electron chi connectivity index (χ0n) is 12.7. The van der Waals surface area contributed by atoms with E-state index in [1.165, 1.54) is 17.8 Å². The highest BCUT2D eigenvalue weighted by molar-refractivity contribution is 7.99. The van der Waals surface area contributed by atoms with Gasteiger partial charge in [0, 0.05) is 10.6 Å². The smallest absolute Gasteiger partial charge is 0.322 e. The largest absolute Gasteiger partial charge is 0.416 e. The first-order chi connectivity index (χ1) is 10.8. The lowest BCUT2D eigenvalue weighted by atomic mass is 10.1. The predicted octanol–water partition coefficient (Wildman–Crippen LogP) is 5.38. The van der Waals surface area contributed by atoms with Crippen LogP contribution in [0.4, 0.5) is 18.9 Å². The zero-order valence-corrected chi connectivity index (χ0v) is 13.5. The maximum Gasteiger partial charge on any atom is 0.416 e. The van der Waals surface area contributed by atoms with Crippen molar-refractivity contribution in [2.75, 3.05) is 11.1 Å². The van der Waals surface area contributed by atoms with Gasteiger partial charge in [0.15, 0.2) is 0 Å². The Kier molecular flexibility index (Phi) is 5.36. The number of thioether (sulfide) groups is 1. The van der Waals surface area contributed by atoms with E-state index in [0.717, 1.165) is 17.7 Å². The molecule has 1 amide bonds. The van der Waals surface area contributed by atoms with Crippen molar-refractivity contribution >= 4 is 23.4 Å². The number of rotatable bonds is 4. The molecule has 6 heteroatoms. The molecule has 0 saturated heterocycles. The quantitative estimate of drug-likeness (QED) is 0.758. The number of benzene rings is 2. The molecule has 0 bridgehead atoms. The molecule has 2 aromatic rings. The average Bonchev–Trinajstić information content (AvgIpc) is 2.49. The van der Waals surface area contributed by atoms with Gasteiger partial charge >= 0.3 is 6.18 Å². The van der Waals surface area contributed by atoms with Crippen molar-refractivity contribution in [3.05, 3.63) is 59.2 Å². The Balaban J connectivity index is 2.29. The van der Waals surface area contributed by atoms with E-state index in [4.69, 9.17) is 0 Å². The highest BCUT2D eigenvalue weighted by Gasteiger charge is 2.31. The topological polar surface area (TPSA) is 29.1 Å². The van der Waals surface area contributed by atoms with Gasteiger partial charge in [0.1, 0.15) is 0 Å². The van der Waals surface area contributed by atoms with E-state index >= 15 is 0 Å². The third-order valence-corrected chi connectivity index (χ3v) is 4.10. The number of anilines is 1. The van der Waals surface area contributed by atoms with Gasteiger partial charge in [0.05, 0.1) is 11.1 Å². The fourth-order valence-corrected chi connectivity index (χ4v) is 2.83. The number of halogens is 3. The van der Waals surface area contributed by atoms with Crippen LogP contribution in [-0.2, 0) is 6.18 Å². The van der Waals surface area contributed by atoms with Crippen LogP contribution in [0.15, 0.2) is 47.4 Å². The van der Waals surface area contributed by atoms with Crippen molar-refractivity contribution in [1.82, 2.24) is 0 Å². The Bertz CT molecular complexity index is 696. The molecule has 0 atom stereocenters. The summed E-state index contributed by atoms with van der Waals surface area (Å²) in [6, 6.07) is 10.4. The Hall–Kier alpha value is -1.95. The van der Waals surface area contributed by atoms with Crippen LogP contribution in [0.3, 0.4) is 0 Å². The number of aryl methyl sites for hydroxylation is 1. The van der Waals surface area contributed by atoms with Gasteiger partial charge in [-0.2, -0.15) is 13.2 Å². The normalized spacial score (nSPS) is 11.3. The lowest BCUT2D eigenvalue weighted by Gasteiger charge is -2.13. The molecule has 0 fully saturated rings. The van der Waals surface area contributed by atoms with Gasteiger partial charge in [-0.3, -0.25) is 4.79 Å². The van der Waals surface area contributed by atoms with Gasteiger partial charge in [-0.25, -0.2) is 0 Å². The summed E-state index contributed by atoms with van der Waals surface area (Å²) in [5, 5.41) is 2.71. The first-order valence-corrected chi connectivity index (χ1v) is 8.02. The summed E-state index contributed by atoms with van der Waals surface area (Å²) >= 11 is 1.21. The van der Waals surface area contributed by atoms with Crippen LogP contribution in [-0.4, -0.2) is 11.7 Å². The summed E-state index contributed by atoms with van der Waals surface area (Å²) in [5.74, 6) is 0.157. The third-order valence-electron chi connectivity index (χ3n) is 3.16. The second-order valence-electron chi connectivity index (χ2n) is 4.96. The van der Waals surface area contributed by atoms with E-state index in [2.05, 4.69) is 5.32 Å². The summed E-state index contributed by atoms with van der Waals surface area (Å²) in [4.78, 5) is 12.7. The molecule has 0 saturated carbocycles. The number of hydrogen-bond acceptors (Lipinski definition) is 2. The molecule has 0 radical (unpaired) electrons. The van der Waals surface area contributed by atoms with Crippen molar-refractivity contribution in [3.8, 4) is 0 Å². The Morgan fingerprint density at radius 3 is 2.35 bits per heavy atom. The highest BCUT2D eigenvalue weighted by Crippen LogP contribution is 2.34. The number of hydrogen-bond donors (Lipinski definition) is 1. The Labute approximate surface area is 137 Å². The van der Waals surface area contributed by atoms with Gasteiger partial charge < -0.3 is 5.32 Å². The Morgan fingerprint density at radius 1 is 1.13 bits per heavy atom. The molecule has 0 spiro atoms. The van der Waals surface area contributed by atoms with Gasteiger partial charge in [-0.05, 0) is 43.0 Å². The van der Waals surface area contributed by atoms with E-state index in [1.807, 2.05) is 26.0 Å². The first kappa shape index (κ1) is 17.4. The molecule has 0 aliphatic carbocycles. The second kappa shape index (κ2) is 7.08. The van der Waals surface area contributed by atoms with E-state index in [1.54, 1.807) is 12.1 Å². The van der Waals surface area contributed by atoms with Crippen LogP contribution in [0.5, 0.6) is 0 Å². The van der Waals surface area contributed by atoms with Crippen molar-refractivity contribution < 1.29 is 18.0 Å². The summed E-state index contributed by atoms with van der Waals surface area (Å²) < 4.78 is 38.4. The van der Waals surface area contributed by atoms with Crippen molar-refractivity contribution in [1.29, 1.82) is 0 Å². The highest BCUT2D eigenvalue weighted by atomic mass is 32.2. The maximum absolute atomic E-state index is 12.8. The molecule has 23 heavy (non-hydrogen) atoms. The molecule has 2 rings (SSSR count). The monoisotopic (exact) mass is 339 g/mol. The van der Waals surface area contributed by atoms with Gasteiger partial charge in [-0.1, -0.05) is 24.6 Å². The maximum atomic E-state index is 12.8. The minimum Gasteiger partial charge on any atom is -0.322 e. The average molecular weight is 339 g/mol. The summed E-state index contributed by atoms with van der Waals surface area (Å²) in [7, 11) is 0. The number of carbonyl (C=O) groups excluding carboxylic acids is 1. The fourth-order valence-electron chi connectivity index (χ4n) is 2.00. The summed E-state index contributed by atoms with van der Waals surface area (Å²) in [6.45, 7) is 3.75. The van der Waals surface area contributed by atoms with Crippen molar-refractivity contribution in [2.45, 2.75) is 24.9 Å². The van der Waals surface area contributed by atoms with Gasteiger partial charge in [0.25, 0.3) is 5.91 Å². The summed E-state index contributed by atoms with van der Waals surface area (Å²) in [6.07, 6.45) is -4.42. The van der Waals surface area contributed by atoms with Gasteiger partial charge in [0.2, 0.25) is 0 Å². The van der Waals surface area contributed by atoms with Crippen molar-refractivity contribution in [3.63, 3.8) is 0 Å². The minimum atomic E-state index is -4.42. The van der Waals surface area contributed by atoms with Gasteiger partial charge in [-0.15, -0.1) is 11.8 Å². The predicted molar refractivity (Wildman–Crippen MR) is 87.0 cm³/mol. The molecule has 0 unspecified atom stereocenters. The zero-order chi connectivity index (χ0) is 17.0. The fraction of sp³-hybridized carbons (Fsp3) is 0.235. The van der Waals surface area contributed by atoms with Crippen LogP contribution in [0.1, 0.15) is 28.4 Å². The lowest BCUT2D eigenvalue weighted by molar-refractivity contribution is -0.137. The molecule has 0 aliphatic heterocycles. The van der Waals surface area contributed by atoms with Crippen LogP contribution in [0.25, 0.3) is 0 Å². The van der Waals surface area contributed by atoms with E-state index in [-0.39, 0.29) is 5.56 Å². The number of amides is 1. The third kappa shape index (κ3) is 4.51. The minimum absolute atomic E-state index is 0.241. The second-order valence-corrected chi connectivity index (χ2v) is 6.27. The Morgan fingerprint density at radius 2 is 1.78 bits per heavy atom. The first-order valence-electron chi connectivity index (χ1n) is 7.03. The number of nitrogens with one attached hydrogen (secondary N) is 1. The number of carbonyl (C=O) groups is 1. The van der Waals surface area contributed by atoms with E-state index < -0.39 is 17.6 Å². The molecule has 0 aromatic heterocycles. The lowest BCUT2D eigenvalue weighted by Crippen LogP contribution is -2.14. The number of alkyl halides is 3. The molecule has 2 aromatic carbocycles.